The summed E-state index contributed by atoms with van der Waals surface area (Å²) in [5.41, 5.74) is 5.38. The van der Waals surface area contributed by atoms with Crippen LogP contribution in [0.3, 0.4) is 0 Å². The van der Waals surface area contributed by atoms with Crippen LogP contribution in [0.4, 0.5) is 0 Å². The molecule has 0 aliphatic rings. The average molecular weight is 157 g/mol. The highest BCUT2D eigenvalue weighted by molar-refractivity contribution is 4.69. The van der Waals surface area contributed by atoms with Crippen molar-refractivity contribution in [3.63, 3.8) is 0 Å². The SMILES string of the molecule is CCN(CC)C[CH]CCCN. The minimum absolute atomic E-state index is 0.814. The number of hydrogen-bond donors (Lipinski definition) is 1. The topological polar surface area (TPSA) is 29.3 Å². The molecule has 0 aromatic heterocycles. The number of rotatable bonds is 7. The summed E-state index contributed by atoms with van der Waals surface area (Å²) in [5.74, 6) is 0. The lowest BCUT2D eigenvalue weighted by molar-refractivity contribution is 0.324. The van der Waals surface area contributed by atoms with Crippen molar-refractivity contribution in [2.45, 2.75) is 26.7 Å². The molecule has 0 aliphatic carbocycles. The molecular formula is C9H21N2. The van der Waals surface area contributed by atoms with Gasteiger partial charge in [0.1, 0.15) is 0 Å². The Morgan fingerprint density at radius 1 is 1.27 bits per heavy atom. The van der Waals surface area contributed by atoms with Crippen LogP contribution in [-0.4, -0.2) is 31.1 Å². The van der Waals surface area contributed by atoms with Gasteiger partial charge in [-0.2, -0.15) is 0 Å². The van der Waals surface area contributed by atoms with E-state index in [4.69, 9.17) is 5.73 Å². The van der Waals surface area contributed by atoms with Crippen LogP contribution in [0.2, 0.25) is 0 Å². The first-order chi connectivity index (χ1) is 5.35. The quantitative estimate of drug-likeness (QED) is 0.564. The standard InChI is InChI=1S/C9H21N2/c1-3-11(4-2)9-7-5-6-8-10/h7H,3-6,8-10H2,1-2H3. The molecule has 0 unspecified atom stereocenters. The molecule has 0 spiro atoms. The van der Waals surface area contributed by atoms with Gasteiger partial charge in [0.25, 0.3) is 0 Å². The Balaban J connectivity index is 3.07. The predicted octanol–water partition coefficient (Wildman–Crippen LogP) is 1.27. The predicted molar refractivity (Wildman–Crippen MR) is 50.4 cm³/mol. The van der Waals surface area contributed by atoms with E-state index in [0.717, 1.165) is 39.0 Å². The maximum atomic E-state index is 5.38. The molecule has 1 radical (unpaired) electrons. The fraction of sp³-hybridized carbons (Fsp3) is 0.889. The van der Waals surface area contributed by atoms with E-state index in [-0.39, 0.29) is 0 Å². The first-order valence-corrected chi connectivity index (χ1v) is 4.59. The first-order valence-electron chi connectivity index (χ1n) is 4.59. The Kier molecular flexibility index (Phi) is 7.96. The normalized spacial score (nSPS) is 10.9. The van der Waals surface area contributed by atoms with Crippen LogP contribution < -0.4 is 5.73 Å². The summed E-state index contributed by atoms with van der Waals surface area (Å²) in [4.78, 5) is 2.40. The first kappa shape index (κ1) is 10.9. The van der Waals surface area contributed by atoms with Crippen LogP contribution in [0.1, 0.15) is 26.7 Å². The molecule has 0 aromatic rings. The van der Waals surface area contributed by atoms with Gasteiger partial charge < -0.3 is 10.6 Å². The summed E-state index contributed by atoms with van der Waals surface area (Å²) in [6.45, 7) is 8.62. The van der Waals surface area contributed by atoms with Crippen LogP contribution in [-0.2, 0) is 0 Å². The Labute approximate surface area is 70.8 Å². The molecule has 2 nitrogen and oxygen atoms in total. The summed E-state index contributed by atoms with van der Waals surface area (Å²) >= 11 is 0. The van der Waals surface area contributed by atoms with Crippen LogP contribution >= 0.6 is 0 Å². The van der Waals surface area contributed by atoms with E-state index in [1.807, 2.05) is 0 Å². The number of nitrogens with zero attached hydrogens (tertiary/aromatic N) is 1. The molecule has 67 valence electrons. The number of hydrogen-bond acceptors (Lipinski definition) is 2. The zero-order valence-electron chi connectivity index (χ0n) is 7.84. The van der Waals surface area contributed by atoms with Gasteiger partial charge in [0.05, 0.1) is 0 Å². The van der Waals surface area contributed by atoms with Crippen molar-refractivity contribution < 1.29 is 0 Å². The van der Waals surface area contributed by atoms with Gasteiger partial charge in [-0.3, -0.25) is 0 Å². The second-order valence-electron chi connectivity index (χ2n) is 2.71. The van der Waals surface area contributed by atoms with Crippen LogP contribution in [0, 0.1) is 6.42 Å². The smallest absolute Gasteiger partial charge is 0.00126 e. The number of unbranched alkanes of at least 4 members (excludes halogenated alkanes) is 2. The van der Waals surface area contributed by atoms with E-state index in [0.29, 0.717) is 0 Å². The third-order valence-electron chi connectivity index (χ3n) is 1.89. The molecule has 2 heteroatoms. The van der Waals surface area contributed by atoms with E-state index in [1.54, 1.807) is 0 Å². The molecule has 0 atom stereocenters. The Morgan fingerprint density at radius 3 is 2.36 bits per heavy atom. The van der Waals surface area contributed by atoms with Crippen molar-refractivity contribution in [1.82, 2.24) is 4.90 Å². The molecule has 2 N–H and O–H groups in total. The van der Waals surface area contributed by atoms with Crippen LogP contribution in [0.15, 0.2) is 0 Å². The molecule has 0 heterocycles. The summed E-state index contributed by atoms with van der Waals surface area (Å²) < 4.78 is 0. The van der Waals surface area contributed by atoms with Crippen LogP contribution in [0.5, 0.6) is 0 Å². The van der Waals surface area contributed by atoms with Crippen molar-refractivity contribution in [2.75, 3.05) is 26.2 Å². The van der Waals surface area contributed by atoms with Gasteiger partial charge >= 0.3 is 0 Å². The number of nitrogens with two attached hydrogens (primary N) is 1. The van der Waals surface area contributed by atoms with Gasteiger partial charge in [-0.05, 0) is 38.9 Å². The third-order valence-corrected chi connectivity index (χ3v) is 1.89. The maximum absolute atomic E-state index is 5.38. The summed E-state index contributed by atoms with van der Waals surface area (Å²) in [5, 5.41) is 0. The van der Waals surface area contributed by atoms with E-state index in [2.05, 4.69) is 25.2 Å². The lowest BCUT2D eigenvalue weighted by Crippen LogP contribution is -2.24. The van der Waals surface area contributed by atoms with E-state index in [9.17, 15) is 0 Å². The summed E-state index contributed by atoms with van der Waals surface area (Å²) in [6, 6.07) is 0. The second-order valence-corrected chi connectivity index (χ2v) is 2.71. The van der Waals surface area contributed by atoms with Gasteiger partial charge in [0.2, 0.25) is 0 Å². The van der Waals surface area contributed by atoms with Gasteiger partial charge in [-0.25, -0.2) is 0 Å². The molecule has 0 saturated carbocycles. The minimum Gasteiger partial charge on any atom is -0.330 e. The molecule has 0 fully saturated rings. The highest BCUT2D eigenvalue weighted by Crippen LogP contribution is 1.95. The molecule has 0 aromatic carbocycles. The molecule has 0 aliphatic heterocycles. The molecule has 0 rings (SSSR count). The Morgan fingerprint density at radius 2 is 1.91 bits per heavy atom. The maximum Gasteiger partial charge on any atom is 0.00126 e. The van der Waals surface area contributed by atoms with Crippen molar-refractivity contribution in [2.24, 2.45) is 5.73 Å². The zero-order valence-corrected chi connectivity index (χ0v) is 7.84. The van der Waals surface area contributed by atoms with Gasteiger partial charge in [-0.1, -0.05) is 13.8 Å². The zero-order chi connectivity index (χ0) is 8.53. The van der Waals surface area contributed by atoms with Crippen LogP contribution in [0.25, 0.3) is 0 Å². The second kappa shape index (κ2) is 8.02. The molecule has 0 amide bonds. The van der Waals surface area contributed by atoms with E-state index in [1.165, 1.54) is 0 Å². The monoisotopic (exact) mass is 157 g/mol. The van der Waals surface area contributed by atoms with E-state index < -0.39 is 0 Å². The Bertz CT molecular complexity index is 70.0. The van der Waals surface area contributed by atoms with Crippen molar-refractivity contribution in [3.05, 3.63) is 6.42 Å². The van der Waals surface area contributed by atoms with Gasteiger partial charge in [0.15, 0.2) is 0 Å². The molecule has 0 saturated heterocycles. The largest absolute Gasteiger partial charge is 0.330 e. The van der Waals surface area contributed by atoms with E-state index >= 15 is 0 Å². The average Bonchev–Trinajstić information content (AvgIpc) is 2.05. The lowest BCUT2D eigenvalue weighted by atomic mass is 10.2. The summed E-state index contributed by atoms with van der Waals surface area (Å²) in [7, 11) is 0. The highest BCUT2D eigenvalue weighted by atomic mass is 15.1. The fourth-order valence-corrected chi connectivity index (χ4v) is 1.02. The van der Waals surface area contributed by atoms with Gasteiger partial charge in [0, 0.05) is 6.54 Å². The molecule has 0 bridgehead atoms. The summed E-state index contributed by atoms with van der Waals surface area (Å²) in [6.07, 6.45) is 4.61. The molecular weight excluding hydrogens is 136 g/mol. The minimum atomic E-state index is 0.814. The molecule has 11 heavy (non-hydrogen) atoms. The van der Waals surface area contributed by atoms with Crippen molar-refractivity contribution in [1.29, 1.82) is 0 Å². The lowest BCUT2D eigenvalue weighted by Gasteiger charge is -2.16. The van der Waals surface area contributed by atoms with Gasteiger partial charge in [-0.15, -0.1) is 0 Å². The van der Waals surface area contributed by atoms with Crippen molar-refractivity contribution >= 4 is 0 Å². The highest BCUT2D eigenvalue weighted by Gasteiger charge is 1.96. The van der Waals surface area contributed by atoms with Crippen molar-refractivity contribution in [3.8, 4) is 0 Å². The third kappa shape index (κ3) is 6.32. The fourth-order valence-electron chi connectivity index (χ4n) is 1.02. The Hall–Kier alpha value is -0.0800.